The quantitative estimate of drug-likeness (QED) is 0.445. The Morgan fingerprint density at radius 3 is 2.76 bits per heavy atom. The third-order valence-corrected chi connectivity index (χ3v) is 8.00. The van der Waals surface area contributed by atoms with Gasteiger partial charge in [-0.05, 0) is 42.1 Å². The number of fused-ring (bicyclic) bond motifs is 2. The number of primary amides is 1. The number of carbonyl (C=O) groups excluding carboxylic acids is 1. The normalized spacial score (nSPS) is 24.8. The van der Waals surface area contributed by atoms with Gasteiger partial charge < -0.3 is 16.4 Å². The molecule has 34 heavy (non-hydrogen) atoms. The fraction of sp³-hybridized carbons (Fsp3) is 0.440. The lowest BCUT2D eigenvalue weighted by Crippen LogP contribution is -2.62. The number of aryl methyl sites for hydroxylation is 2. The molecule has 6 rings (SSSR count). The van der Waals surface area contributed by atoms with E-state index >= 15 is 0 Å². The lowest BCUT2D eigenvalue weighted by atomic mass is 9.45. The maximum absolute atomic E-state index is 12.2. The molecule has 2 bridgehead atoms. The fourth-order valence-electron chi connectivity index (χ4n) is 5.55. The third kappa shape index (κ3) is 4.34. The van der Waals surface area contributed by atoms with E-state index in [1.807, 2.05) is 29.1 Å². The molecule has 178 valence electrons. The van der Waals surface area contributed by atoms with Crippen LogP contribution in [0, 0.1) is 23.2 Å². The summed E-state index contributed by atoms with van der Waals surface area (Å²) in [5.74, 6) is 1.29. The number of hydrogen-bond acceptors (Lipinski definition) is 6. The Hall–Kier alpha value is -3.13. The highest BCUT2D eigenvalue weighted by molar-refractivity contribution is 6.32. The number of aromatic nitrogens is 4. The highest BCUT2D eigenvalue weighted by Gasteiger charge is 2.59. The predicted molar refractivity (Wildman–Crippen MR) is 133 cm³/mol. The van der Waals surface area contributed by atoms with Crippen LogP contribution in [0.25, 0.3) is 0 Å². The Kier molecular flexibility index (Phi) is 5.93. The Morgan fingerprint density at radius 1 is 1.24 bits per heavy atom. The van der Waals surface area contributed by atoms with Crippen molar-refractivity contribution in [2.75, 3.05) is 10.6 Å². The molecule has 2 aromatic heterocycles. The zero-order valence-corrected chi connectivity index (χ0v) is 20.2. The molecular weight excluding hydrogens is 450 g/mol. The number of nitrogens with two attached hydrogens (primary N) is 1. The van der Waals surface area contributed by atoms with Gasteiger partial charge in [0.15, 0.2) is 5.82 Å². The average Bonchev–Trinajstić information content (AvgIpc) is 3.27. The van der Waals surface area contributed by atoms with Gasteiger partial charge in [-0.3, -0.25) is 9.48 Å². The van der Waals surface area contributed by atoms with E-state index in [9.17, 15) is 4.79 Å². The van der Waals surface area contributed by atoms with Crippen LogP contribution in [-0.2, 0) is 17.8 Å². The molecule has 0 unspecified atom stereocenters. The van der Waals surface area contributed by atoms with Crippen molar-refractivity contribution in [3.05, 3.63) is 59.5 Å². The second-order valence-corrected chi connectivity index (χ2v) is 10.4. The molecule has 0 saturated heterocycles. The van der Waals surface area contributed by atoms with E-state index in [4.69, 9.17) is 17.3 Å². The smallest absolute Gasteiger partial charge is 0.229 e. The largest absolute Gasteiger partial charge is 0.369 e. The monoisotopic (exact) mass is 479 g/mol. The van der Waals surface area contributed by atoms with Gasteiger partial charge in [0.2, 0.25) is 11.9 Å². The molecule has 3 saturated carbocycles. The van der Waals surface area contributed by atoms with Gasteiger partial charge in [0.05, 0.1) is 24.0 Å². The van der Waals surface area contributed by atoms with E-state index in [2.05, 4.69) is 51.7 Å². The van der Waals surface area contributed by atoms with Crippen LogP contribution in [0.2, 0.25) is 5.02 Å². The Bertz CT molecular complexity index is 1180. The van der Waals surface area contributed by atoms with Gasteiger partial charge in [-0.2, -0.15) is 10.1 Å². The van der Waals surface area contributed by atoms with Gasteiger partial charge in [-0.15, -0.1) is 0 Å². The van der Waals surface area contributed by atoms with Crippen LogP contribution in [0.15, 0.2) is 48.9 Å². The van der Waals surface area contributed by atoms with Crippen molar-refractivity contribution >= 4 is 35.0 Å². The predicted octanol–water partition coefficient (Wildman–Crippen LogP) is 4.26. The van der Waals surface area contributed by atoms with Crippen LogP contribution in [0.1, 0.15) is 32.3 Å². The van der Waals surface area contributed by atoms with Gasteiger partial charge in [-0.1, -0.05) is 55.8 Å². The number of anilines is 3. The lowest BCUT2D eigenvalue weighted by Gasteiger charge is -2.62. The van der Waals surface area contributed by atoms with Crippen molar-refractivity contribution in [3.8, 4) is 0 Å². The molecular formula is C25H30ClN7O. The summed E-state index contributed by atoms with van der Waals surface area (Å²) in [6.07, 6.45) is 8.02. The van der Waals surface area contributed by atoms with Crippen molar-refractivity contribution in [1.82, 2.24) is 19.7 Å². The third-order valence-electron chi connectivity index (χ3n) is 7.73. The second-order valence-electron chi connectivity index (χ2n) is 10.0. The average molecular weight is 480 g/mol. The molecule has 8 nitrogen and oxygen atoms in total. The Balaban J connectivity index is 1.28. The number of carbonyl (C=O) groups is 1. The van der Waals surface area contributed by atoms with E-state index < -0.39 is 0 Å². The molecule has 3 aliphatic carbocycles. The maximum atomic E-state index is 12.2. The van der Waals surface area contributed by atoms with E-state index in [1.165, 1.54) is 5.56 Å². The van der Waals surface area contributed by atoms with Gasteiger partial charge in [-0.25, -0.2) is 4.98 Å². The van der Waals surface area contributed by atoms with E-state index in [0.29, 0.717) is 28.6 Å². The van der Waals surface area contributed by atoms with Crippen molar-refractivity contribution in [2.45, 2.75) is 45.7 Å². The standard InChI is InChI=1S/C25H30ClN7O/c1-25(2)16-10-18(22(27)34)21(19(25)11-16)31-23-20(26)13-28-24(32-23)30-17-12-29-33(14-17)9-8-15-6-4-3-5-7-15/h3-7,12-14,16,18-19,21H,8-11H2,1-2H3,(H2,27,34)(H2,28,30,31,32)/t16-,18-,19-,21-/m0/s1. The number of hydrogen-bond donors (Lipinski definition) is 3. The van der Waals surface area contributed by atoms with Crippen LogP contribution in [-0.4, -0.2) is 31.7 Å². The molecule has 1 amide bonds. The van der Waals surface area contributed by atoms with Gasteiger partial charge in [0.1, 0.15) is 5.02 Å². The van der Waals surface area contributed by atoms with Gasteiger partial charge in [0, 0.05) is 18.8 Å². The molecule has 3 aromatic rings. The molecule has 9 heteroatoms. The zero-order valence-electron chi connectivity index (χ0n) is 19.4. The first-order chi connectivity index (χ1) is 16.3. The summed E-state index contributed by atoms with van der Waals surface area (Å²) in [5, 5.41) is 11.5. The minimum atomic E-state index is -0.269. The number of amides is 1. The highest BCUT2D eigenvalue weighted by Crippen LogP contribution is 2.61. The summed E-state index contributed by atoms with van der Waals surface area (Å²) >= 11 is 6.43. The SMILES string of the molecule is CC1(C)[C@H]2C[C@H](C(N)=O)[C@H](Nc3nc(Nc4cnn(CCc5ccccc5)c4)ncc3Cl)[C@@H]1C2. The summed E-state index contributed by atoms with van der Waals surface area (Å²) in [6.45, 7) is 5.30. The topological polar surface area (TPSA) is 111 Å². The molecule has 0 spiro atoms. The maximum Gasteiger partial charge on any atom is 0.229 e. The second kappa shape index (κ2) is 8.91. The molecule has 3 fully saturated rings. The fourth-order valence-corrected chi connectivity index (χ4v) is 5.69. The van der Waals surface area contributed by atoms with Crippen molar-refractivity contribution in [1.29, 1.82) is 0 Å². The summed E-state index contributed by atoms with van der Waals surface area (Å²) in [6, 6.07) is 10.2. The lowest BCUT2D eigenvalue weighted by molar-refractivity contribution is -0.139. The van der Waals surface area contributed by atoms with Gasteiger partial charge in [0.25, 0.3) is 0 Å². The van der Waals surface area contributed by atoms with Crippen LogP contribution in [0.5, 0.6) is 0 Å². The van der Waals surface area contributed by atoms with E-state index in [-0.39, 0.29) is 23.3 Å². The number of rotatable bonds is 8. The number of nitrogens with one attached hydrogen (secondary N) is 2. The van der Waals surface area contributed by atoms with Crippen LogP contribution < -0.4 is 16.4 Å². The molecule has 4 atom stereocenters. The first-order valence-electron chi connectivity index (χ1n) is 11.7. The first-order valence-corrected chi connectivity index (χ1v) is 12.1. The molecule has 0 aliphatic heterocycles. The summed E-state index contributed by atoms with van der Waals surface area (Å²) in [7, 11) is 0. The molecule has 3 aliphatic rings. The summed E-state index contributed by atoms with van der Waals surface area (Å²) in [4.78, 5) is 21.1. The molecule has 0 radical (unpaired) electrons. The van der Waals surface area contributed by atoms with Crippen LogP contribution in [0.4, 0.5) is 17.5 Å². The van der Waals surface area contributed by atoms with Crippen molar-refractivity contribution in [2.24, 2.45) is 28.9 Å². The van der Waals surface area contributed by atoms with E-state index in [0.717, 1.165) is 31.5 Å². The zero-order chi connectivity index (χ0) is 23.9. The molecule has 2 heterocycles. The number of nitrogens with zero attached hydrogens (tertiary/aromatic N) is 4. The van der Waals surface area contributed by atoms with Gasteiger partial charge >= 0.3 is 0 Å². The van der Waals surface area contributed by atoms with Crippen LogP contribution in [0.3, 0.4) is 0 Å². The minimum absolute atomic E-state index is 0.0986. The number of halogens is 1. The number of benzene rings is 1. The first kappa shape index (κ1) is 22.7. The summed E-state index contributed by atoms with van der Waals surface area (Å²) in [5.41, 5.74) is 7.97. The highest BCUT2D eigenvalue weighted by atomic mass is 35.5. The minimum Gasteiger partial charge on any atom is -0.369 e. The molecule has 1 aromatic carbocycles. The van der Waals surface area contributed by atoms with Crippen LogP contribution >= 0.6 is 11.6 Å². The van der Waals surface area contributed by atoms with E-state index in [1.54, 1.807) is 12.4 Å². The summed E-state index contributed by atoms with van der Waals surface area (Å²) < 4.78 is 1.89. The molecule has 4 N–H and O–H groups in total. The van der Waals surface area contributed by atoms with Crippen molar-refractivity contribution in [3.63, 3.8) is 0 Å². The Labute approximate surface area is 204 Å². The Morgan fingerprint density at radius 2 is 2.03 bits per heavy atom. The van der Waals surface area contributed by atoms with Crippen molar-refractivity contribution < 1.29 is 4.79 Å².